The van der Waals surface area contributed by atoms with Gasteiger partial charge in [0.05, 0.1) is 39.1 Å². The molecule has 0 spiro atoms. The van der Waals surface area contributed by atoms with Crippen LogP contribution in [0.3, 0.4) is 0 Å². The van der Waals surface area contributed by atoms with E-state index in [2.05, 4.69) is 14.2 Å². The van der Waals surface area contributed by atoms with Gasteiger partial charge in [-0.1, -0.05) is 0 Å². The second-order valence-corrected chi connectivity index (χ2v) is 3.45. The van der Waals surface area contributed by atoms with Crippen LogP contribution in [0, 0.1) is 0 Å². The third-order valence-corrected chi connectivity index (χ3v) is 2.32. The summed E-state index contributed by atoms with van der Waals surface area (Å²) in [6.45, 7) is -0.113. The summed E-state index contributed by atoms with van der Waals surface area (Å²) >= 11 is 0. The molecular weight excluding hydrogens is 256 g/mol. The number of rotatable bonds is 7. The summed E-state index contributed by atoms with van der Waals surface area (Å²) in [5.74, 6) is -1.91. The lowest BCUT2D eigenvalue weighted by Crippen LogP contribution is -2.19. The van der Waals surface area contributed by atoms with Gasteiger partial charge < -0.3 is 18.9 Å². The lowest BCUT2D eigenvalue weighted by atomic mass is 10.0. The SMILES string of the molecule is COC/C(C(=O)OC)=C(\CCC(=O)OC)C(=O)OC. The molecule has 0 bridgehead atoms. The molecule has 0 saturated carbocycles. The molecule has 19 heavy (non-hydrogen) atoms. The number of esters is 3. The van der Waals surface area contributed by atoms with E-state index >= 15 is 0 Å². The van der Waals surface area contributed by atoms with E-state index in [9.17, 15) is 14.4 Å². The largest absolute Gasteiger partial charge is 0.469 e. The highest BCUT2D eigenvalue weighted by Crippen LogP contribution is 2.16. The number of carbonyl (C=O) groups is 3. The molecule has 0 N–H and O–H groups in total. The summed E-state index contributed by atoms with van der Waals surface area (Å²) in [7, 11) is 4.98. The molecule has 108 valence electrons. The molecular formula is C12H18O7. The van der Waals surface area contributed by atoms with Crippen molar-refractivity contribution in [3.63, 3.8) is 0 Å². The van der Waals surface area contributed by atoms with Crippen molar-refractivity contribution < 1.29 is 33.3 Å². The van der Waals surface area contributed by atoms with Gasteiger partial charge in [-0.3, -0.25) is 4.79 Å². The van der Waals surface area contributed by atoms with Gasteiger partial charge in [-0.15, -0.1) is 0 Å². The fourth-order valence-electron chi connectivity index (χ4n) is 1.37. The summed E-state index contributed by atoms with van der Waals surface area (Å²) in [6, 6.07) is 0. The van der Waals surface area contributed by atoms with Gasteiger partial charge in [-0.25, -0.2) is 9.59 Å². The third-order valence-electron chi connectivity index (χ3n) is 2.32. The normalized spacial score (nSPS) is 11.4. The Balaban J connectivity index is 5.29. The minimum Gasteiger partial charge on any atom is -0.469 e. The average molecular weight is 274 g/mol. The van der Waals surface area contributed by atoms with Gasteiger partial charge in [0.1, 0.15) is 0 Å². The summed E-state index contributed by atoms with van der Waals surface area (Å²) in [4.78, 5) is 34.4. The van der Waals surface area contributed by atoms with Crippen LogP contribution < -0.4 is 0 Å². The first-order valence-corrected chi connectivity index (χ1v) is 5.46. The molecule has 7 heteroatoms. The van der Waals surface area contributed by atoms with Crippen LogP contribution in [0.15, 0.2) is 11.1 Å². The van der Waals surface area contributed by atoms with E-state index < -0.39 is 17.9 Å². The first kappa shape index (κ1) is 17.1. The van der Waals surface area contributed by atoms with Crippen molar-refractivity contribution in [3.05, 3.63) is 11.1 Å². The molecule has 0 aliphatic rings. The standard InChI is InChI=1S/C12H18O7/c1-16-7-9(12(15)19-4)8(11(14)18-3)5-6-10(13)17-2/h5-7H2,1-4H3/b9-8-. The topological polar surface area (TPSA) is 88.1 Å². The minimum atomic E-state index is -0.707. The predicted octanol–water partition coefficient (Wildman–Crippen LogP) is 0.229. The van der Waals surface area contributed by atoms with Crippen molar-refractivity contribution in [2.45, 2.75) is 12.8 Å². The molecule has 0 unspecified atom stereocenters. The monoisotopic (exact) mass is 274 g/mol. The van der Waals surface area contributed by atoms with Gasteiger partial charge in [0, 0.05) is 13.5 Å². The van der Waals surface area contributed by atoms with Crippen LogP contribution in [-0.2, 0) is 33.3 Å². The lowest BCUT2D eigenvalue weighted by Gasteiger charge is -2.11. The van der Waals surface area contributed by atoms with Crippen molar-refractivity contribution >= 4 is 17.9 Å². The Bertz CT molecular complexity index is 370. The molecule has 7 nitrogen and oxygen atoms in total. The van der Waals surface area contributed by atoms with E-state index in [-0.39, 0.29) is 30.6 Å². The maximum absolute atomic E-state index is 11.7. The van der Waals surface area contributed by atoms with Gasteiger partial charge in [-0.05, 0) is 6.42 Å². The zero-order valence-corrected chi connectivity index (χ0v) is 11.5. The lowest BCUT2D eigenvalue weighted by molar-refractivity contribution is -0.141. The van der Waals surface area contributed by atoms with Crippen LogP contribution in [-0.4, -0.2) is 53.0 Å². The van der Waals surface area contributed by atoms with Gasteiger partial charge in [0.15, 0.2) is 0 Å². The van der Waals surface area contributed by atoms with Gasteiger partial charge in [0.2, 0.25) is 0 Å². The van der Waals surface area contributed by atoms with E-state index in [1.165, 1.54) is 28.4 Å². The van der Waals surface area contributed by atoms with E-state index in [1.807, 2.05) is 0 Å². The summed E-state index contributed by atoms with van der Waals surface area (Å²) in [6.07, 6.45) is -0.0434. The van der Waals surface area contributed by atoms with Crippen molar-refractivity contribution in [3.8, 4) is 0 Å². The maximum atomic E-state index is 11.7. The number of methoxy groups -OCH3 is 4. The number of carbonyl (C=O) groups excluding carboxylic acids is 3. The van der Waals surface area contributed by atoms with E-state index in [1.54, 1.807) is 0 Å². The fourth-order valence-corrected chi connectivity index (χ4v) is 1.37. The molecule has 0 aromatic carbocycles. The molecule has 0 radical (unpaired) electrons. The van der Waals surface area contributed by atoms with Crippen LogP contribution in [0.1, 0.15) is 12.8 Å². The first-order chi connectivity index (χ1) is 9.01. The molecule has 0 aromatic rings. The second kappa shape index (κ2) is 9.09. The Kier molecular flexibility index (Phi) is 8.19. The molecule has 0 atom stereocenters. The fraction of sp³-hybridized carbons (Fsp3) is 0.583. The first-order valence-electron chi connectivity index (χ1n) is 5.46. The van der Waals surface area contributed by atoms with Crippen LogP contribution in [0.25, 0.3) is 0 Å². The van der Waals surface area contributed by atoms with Crippen molar-refractivity contribution in [1.82, 2.24) is 0 Å². The number of ether oxygens (including phenoxy) is 4. The summed E-state index contributed by atoms with van der Waals surface area (Å²) < 4.78 is 18.5. The molecule has 0 rings (SSSR count). The third kappa shape index (κ3) is 5.52. The molecule has 0 aliphatic carbocycles. The van der Waals surface area contributed by atoms with Gasteiger partial charge in [-0.2, -0.15) is 0 Å². The Morgan fingerprint density at radius 1 is 0.737 bits per heavy atom. The number of hydrogen-bond acceptors (Lipinski definition) is 7. The van der Waals surface area contributed by atoms with Crippen molar-refractivity contribution in [1.29, 1.82) is 0 Å². The highest BCUT2D eigenvalue weighted by molar-refractivity contribution is 6.00. The van der Waals surface area contributed by atoms with E-state index in [0.29, 0.717) is 0 Å². The van der Waals surface area contributed by atoms with Crippen molar-refractivity contribution in [2.75, 3.05) is 35.0 Å². The van der Waals surface area contributed by atoms with Crippen LogP contribution in [0.4, 0.5) is 0 Å². The van der Waals surface area contributed by atoms with Crippen LogP contribution in [0.2, 0.25) is 0 Å². The van der Waals surface area contributed by atoms with Gasteiger partial charge >= 0.3 is 17.9 Å². The Hall–Kier alpha value is -1.89. The minimum absolute atomic E-state index is 0.00708. The molecule has 0 aliphatic heterocycles. The molecule has 0 saturated heterocycles. The highest BCUT2D eigenvalue weighted by atomic mass is 16.5. The van der Waals surface area contributed by atoms with E-state index in [0.717, 1.165) is 0 Å². The molecule has 0 amide bonds. The van der Waals surface area contributed by atoms with Gasteiger partial charge in [0.25, 0.3) is 0 Å². The maximum Gasteiger partial charge on any atom is 0.336 e. The van der Waals surface area contributed by atoms with E-state index in [4.69, 9.17) is 4.74 Å². The average Bonchev–Trinajstić information content (AvgIpc) is 2.44. The Morgan fingerprint density at radius 3 is 1.68 bits per heavy atom. The zero-order chi connectivity index (χ0) is 14.8. The quantitative estimate of drug-likeness (QED) is 0.373. The van der Waals surface area contributed by atoms with Crippen molar-refractivity contribution in [2.24, 2.45) is 0 Å². The smallest absolute Gasteiger partial charge is 0.336 e. The highest BCUT2D eigenvalue weighted by Gasteiger charge is 2.23. The predicted molar refractivity (Wildman–Crippen MR) is 64.2 cm³/mol. The molecule has 0 aromatic heterocycles. The second-order valence-electron chi connectivity index (χ2n) is 3.45. The Labute approximate surface area is 111 Å². The summed E-state index contributed by atoms with van der Waals surface area (Å²) in [5, 5.41) is 0. The zero-order valence-electron chi connectivity index (χ0n) is 11.5. The molecule has 0 heterocycles. The van der Waals surface area contributed by atoms with Crippen LogP contribution >= 0.6 is 0 Å². The molecule has 0 fully saturated rings. The number of hydrogen-bond donors (Lipinski definition) is 0. The Morgan fingerprint density at radius 2 is 1.26 bits per heavy atom. The van der Waals surface area contributed by atoms with Crippen LogP contribution in [0.5, 0.6) is 0 Å². The summed E-state index contributed by atoms with van der Waals surface area (Å²) in [5.41, 5.74) is 0.0716.